The van der Waals surface area contributed by atoms with Crippen molar-refractivity contribution >= 4 is 50.0 Å². The van der Waals surface area contributed by atoms with Crippen LogP contribution in [0.25, 0.3) is 10.9 Å². The Morgan fingerprint density at radius 1 is 0.892 bits per heavy atom. The van der Waals surface area contributed by atoms with Crippen molar-refractivity contribution in [1.82, 2.24) is 9.66 Å². The first-order chi connectivity index (χ1) is 17.6. The van der Waals surface area contributed by atoms with Gasteiger partial charge in [0.15, 0.2) is 0 Å². The van der Waals surface area contributed by atoms with E-state index >= 15 is 0 Å². The third-order valence-electron chi connectivity index (χ3n) is 5.77. The number of carbonyl (C=O) groups is 3. The van der Waals surface area contributed by atoms with Crippen molar-refractivity contribution < 1.29 is 22.8 Å². The number of nitrogens with zero attached hydrogens (tertiary/aromatic N) is 3. The minimum Gasteiger partial charge on any atom is -0.326 e. The highest BCUT2D eigenvalue weighted by Gasteiger charge is 2.36. The van der Waals surface area contributed by atoms with Crippen LogP contribution in [0.4, 0.5) is 11.4 Å². The summed E-state index contributed by atoms with van der Waals surface area (Å²) >= 11 is 0. The van der Waals surface area contributed by atoms with E-state index in [0.717, 1.165) is 9.58 Å². The summed E-state index contributed by atoms with van der Waals surface area (Å²) in [6.07, 6.45) is 0. The van der Waals surface area contributed by atoms with E-state index in [2.05, 4.69) is 15.1 Å². The monoisotopic (exact) mass is 517 g/mol. The molecule has 0 unspecified atom stereocenters. The Bertz CT molecular complexity index is 1760. The van der Waals surface area contributed by atoms with Crippen LogP contribution in [0.1, 0.15) is 33.5 Å². The molecule has 1 aromatic heterocycles. The zero-order valence-corrected chi connectivity index (χ0v) is 20.4. The topological polar surface area (TPSA) is 148 Å². The van der Waals surface area contributed by atoms with Gasteiger partial charge in [-0.3, -0.25) is 19.2 Å². The average molecular weight is 518 g/mol. The second kappa shape index (κ2) is 8.68. The number of hydrogen-bond donors (Lipinski definition) is 2. The molecule has 3 aromatic carbocycles. The van der Waals surface area contributed by atoms with E-state index < -0.39 is 27.4 Å². The number of benzene rings is 3. The lowest BCUT2D eigenvalue weighted by Gasteiger charge is -2.16. The zero-order chi connectivity index (χ0) is 26.5. The number of aryl methyl sites for hydroxylation is 1. The number of carbonyl (C=O) groups excluding carboxylic acids is 3. The second-order valence-electron chi connectivity index (χ2n) is 8.29. The molecule has 2 heterocycles. The number of imide groups is 1. The normalized spacial score (nSPS) is 13.1. The fourth-order valence-electron chi connectivity index (χ4n) is 4.05. The number of aromatic nitrogens is 2. The van der Waals surface area contributed by atoms with Crippen LogP contribution in [-0.2, 0) is 14.8 Å². The lowest BCUT2D eigenvalue weighted by atomic mass is 10.1. The van der Waals surface area contributed by atoms with Gasteiger partial charge in [0.2, 0.25) is 5.91 Å². The number of sulfonamides is 1. The fraction of sp³-hybridized carbons (Fsp3) is 0.0800. The number of nitrogens with one attached hydrogen (secondary N) is 2. The summed E-state index contributed by atoms with van der Waals surface area (Å²) in [4.78, 5) is 57.6. The predicted molar refractivity (Wildman–Crippen MR) is 136 cm³/mol. The summed E-state index contributed by atoms with van der Waals surface area (Å²) < 4.78 is 26.7. The molecule has 3 amide bonds. The number of rotatable bonds is 5. The van der Waals surface area contributed by atoms with Gasteiger partial charge in [-0.1, -0.05) is 12.1 Å². The molecule has 0 saturated heterocycles. The van der Waals surface area contributed by atoms with E-state index in [1.54, 1.807) is 24.3 Å². The first-order valence-corrected chi connectivity index (χ1v) is 12.5. The van der Waals surface area contributed by atoms with E-state index in [1.165, 1.54) is 56.3 Å². The van der Waals surface area contributed by atoms with Crippen molar-refractivity contribution in [2.45, 2.75) is 18.7 Å². The van der Waals surface area contributed by atoms with Gasteiger partial charge in [0.25, 0.3) is 27.4 Å². The SMILES string of the molecule is CC(=O)Nc1ccc(S(=O)(=O)Nn2c(C)nc3ccc(N4C(=O)c5ccccc5C4=O)cc3c2=O)cc1. The Labute approximate surface area is 210 Å². The molecule has 4 aromatic rings. The highest BCUT2D eigenvalue weighted by Crippen LogP contribution is 2.29. The van der Waals surface area contributed by atoms with Crippen LogP contribution in [0, 0.1) is 6.92 Å². The highest BCUT2D eigenvalue weighted by atomic mass is 32.2. The molecule has 0 spiro atoms. The first-order valence-electron chi connectivity index (χ1n) is 11.0. The number of fused-ring (bicyclic) bond motifs is 2. The van der Waals surface area contributed by atoms with Gasteiger partial charge < -0.3 is 5.32 Å². The Balaban J connectivity index is 1.52. The molecule has 0 bridgehead atoms. The maximum atomic E-state index is 13.3. The van der Waals surface area contributed by atoms with Gasteiger partial charge in [0, 0.05) is 12.6 Å². The maximum absolute atomic E-state index is 13.3. The van der Waals surface area contributed by atoms with Crippen LogP contribution in [-0.4, -0.2) is 35.8 Å². The van der Waals surface area contributed by atoms with Gasteiger partial charge in [-0.2, -0.15) is 13.1 Å². The molecule has 11 nitrogen and oxygen atoms in total. The van der Waals surface area contributed by atoms with Crippen molar-refractivity contribution in [3.05, 3.63) is 94.0 Å². The van der Waals surface area contributed by atoms with E-state index in [9.17, 15) is 27.6 Å². The summed E-state index contributed by atoms with van der Waals surface area (Å²) in [6, 6.07) is 16.1. The molecular formula is C25H19N5O6S. The van der Waals surface area contributed by atoms with Crippen LogP contribution >= 0.6 is 0 Å². The van der Waals surface area contributed by atoms with E-state index in [1.807, 2.05) is 0 Å². The largest absolute Gasteiger partial charge is 0.326 e. The molecule has 37 heavy (non-hydrogen) atoms. The van der Waals surface area contributed by atoms with Crippen LogP contribution < -0.4 is 20.6 Å². The molecule has 12 heteroatoms. The van der Waals surface area contributed by atoms with E-state index in [0.29, 0.717) is 5.69 Å². The van der Waals surface area contributed by atoms with Crippen LogP contribution in [0.15, 0.2) is 76.4 Å². The van der Waals surface area contributed by atoms with Gasteiger partial charge in [-0.25, -0.2) is 14.7 Å². The molecular weight excluding hydrogens is 498 g/mol. The highest BCUT2D eigenvalue weighted by molar-refractivity contribution is 7.92. The maximum Gasteiger partial charge on any atom is 0.280 e. The quantitative estimate of drug-likeness (QED) is 0.386. The smallest absolute Gasteiger partial charge is 0.280 e. The van der Waals surface area contributed by atoms with Crippen molar-refractivity contribution in [3.8, 4) is 0 Å². The summed E-state index contributed by atoms with van der Waals surface area (Å²) in [5, 5.41) is 2.54. The summed E-state index contributed by atoms with van der Waals surface area (Å²) in [7, 11) is -4.21. The summed E-state index contributed by atoms with van der Waals surface area (Å²) in [6.45, 7) is 2.79. The first kappa shape index (κ1) is 23.9. The summed E-state index contributed by atoms with van der Waals surface area (Å²) in [5.41, 5.74) is 0.600. The minimum atomic E-state index is -4.21. The van der Waals surface area contributed by atoms with Crippen molar-refractivity contribution in [3.63, 3.8) is 0 Å². The molecule has 0 aliphatic carbocycles. The molecule has 1 aliphatic heterocycles. The number of hydrogen-bond acceptors (Lipinski definition) is 7. The van der Waals surface area contributed by atoms with Crippen molar-refractivity contribution in [2.75, 3.05) is 15.0 Å². The predicted octanol–water partition coefficient (Wildman–Crippen LogP) is 2.40. The van der Waals surface area contributed by atoms with Crippen LogP contribution in [0.3, 0.4) is 0 Å². The Morgan fingerprint density at radius 3 is 2.11 bits per heavy atom. The fourth-order valence-corrected chi connectivity index (χ4v) is 5.10. The van der Waals surface area contributed by atoms with Crippen LogP contribution in [0.2, 0.25) is 0 Å². The van der Waals surface area contributed by atoms with E-state index in [-0.39, 0.29) is 44.3 Å². The van der Waals surface area contributed by atoms with Crippen molar-refractivity contribution in [2.24, 2.45) is 0 Å². The Kier molecular flexibility index (Phi) is 5.60. The third-order valence-corrected chi connectivity index (χ3v) is 7.08. The van der Waals surface area contributed by atoms with E-state index in [4.69, 9.17) is 0 Å². The van der Waals surface area contributed by atoms with Gasteiger partial charge in [0.05, 0.1) is 32.6 Å². The standard InChI is InChI=1S/C25H19N5O6S/c1-14-26-22-12-9-17(29-23(32)19-5-3-4-6-20(19)24(29)33)13-21(22)25(34)30(14)28-37(35,36)18-10-7-16(8-11-18)27-15(2)31/h3-13,28H,1-2H3,(H,27,31). The number of anilines is 2. The second-order valence-corrected chi connectivity index (χ2v) is 9.95. The molecule has 0 fully saturated rings. The number of amides is 3. The van der Waals surface area contributed by atoms with Gasteiger partial charge in [0.1, 0.15) is 5.82 Å². The lowest BCUT2D eigenvalue weighted by Crippen LogP contribution is -2.36. The van der Waals surface area contributed by atoms with Gasteiger partial charge in [-0.15, -0.1) is 0 Å². The molecule has 0 atom stereocenters. The zero-order valence-electron chi connectivity index (χ0n) is 19.6. The van der Waals surface area contributed by atoms with Gasteiger partial charge >= 0.3 is 0 Å². The summed E-state index contributed by atoms with van der Waals surface area (Å²) in [5.74, 6) is -1.28. The molecule has 5 rings (SSSR count). The molecule has 186 valence electrons. The molecule has 0 saturated carbocycles. The van der Waals surface area contributed by atoms with Crippen LogP contribution in [0.5, 0.6) is 0 Å². The van der Waals surface area contributed by atoms with Gasteiger partial charge in [-0.05, 0) is 61.5 Å². The van der Waals surface area contributed by atoms with Crippen molar-refractivity contribution in [1.29, 1.82) is 0 Å². The molecule has 2 N–H and O–H groups in total. The third kappa shape index (κ3) is 4.12. The Hall–Kier alpha value is -4.84. The lowest BCUT2D eigenvalue weighted by molar-refractivity contribution is -0.114. The Morgan fingerprint density at radius 2 is 1.51 bits per heavy atom. The average Bonchev–Trinajstić information content (AvgIpc) is 3.12. The molecule has 0 radical (unpaired) electrons. The molecule has 1 aliphatic rings. The minimum absolute atomic E-state index is 0.00311.